The fourth-order valence-electron chi connectivity index (χ4n) is 2.84. The Balaban J connectivity index is 1.61. The van der Waals surface area contributed by atoms with Gasteiger partial charge in [0.05, 0.1) is 18.2 Å². The molecule has 1 atom stereocenters. The first-order valence-corrected chi connectivity index (χ1v) is 9.48. The Kier molecular flexibility index (Phi) is 5.32. The van der Waals surface area contributed by atoms with Crippen molar-refractivity contribution in [2.24, 2.45) is 0 Å². The highest BCUT2D eigenvalue weighted by Gasteiger charge is 2.30. The minimum absolute atomic E-state index is 0.0137. The number of carbonyl (C=O) groups excluding carboxylic acids is 2. The summed E-state index contributed by atoms with van der Waals surface area (Å²) in [6.07, 6.45) is 2.01. The minimum Gasteiger partial charge on any atom is -0.343 e. The van der Waals surface area contributed by atoms with Gasteiger partial charge in [-0.25, -0.2) is 0 Å². The number of nitrogens with zero attached hydrogens (tertiary/aromatic N) is 1. The summed E-state index contributed by atoms with van der Waals surface area (Å²) in [4.78, 5) is 27.8. The van der Waals surface area contributed by atoms with Crippen LogP contribution in [0.1, 0.15) is 34.1 Å². The van der Waals surface area contributed by atoms with E-state index in [1.807, 2.05) is 34.5 Å². The lowest BCUT2D eigenvalue weighted by Crippen LogP contribution is -2.39. The van der Waals surface area contributed by atoms with Gasteiger partial charge in [-0.05, 0) is 59.0 Å². The van der Waals surface area contributed by atoms with Crippen molar-refractivity contribution in [3.63, 3.8) is 0 Å². The molecular formula is C17H17IN2O2S. The van der Waals surface area contributed by atoms with E-state index in [4.69, 9.17) is 0 Å². The molecule has 1 aromatic carbocycles. The number of nitrogens with one attached hydrogen (secondary N) is 1. The number of carbonyl (C=O) groups is 2. The molecule has 0 spiro atoms. The third-order valence-electron chi connectivity index (χ3n) is 3.96. The van der Waals surface area contributed by atoms with Crippen LogP contribution in [-0.2, 0) is 4.79 Å². The van der Waals surface area contributed by atoms with Crippen molar-refractivity contribution in [3.05, 3.63) is 55.8 Å². The van der Waals surface area contributed by atoms with E-state index < -0.39 is 0 Å². The van der Waals surface area contributed by atoms with Gasteiger partial charge in [-0.3, -0.25) is 9.59 Å². The molecule has 1 fully saturated rings. The van der Waals surface area contributed by atoms with Gasteiger partial charge in [0.1, 0.15) is 0 Å². The molecule has 1 N–H and O–H groups in total. The van der Waals surface area contributed by atoms with Crippen LogP contribution in [0.5, 0.6) is 0 Å². The van der Waals surface area contributed by atoms with Gasteiger partial charge in [0.15, 0.2) is 0 Å². The van der Waals surface area contributed by atoms with E-state index >= 15 is 0 Å². The highest BCUT2D eigenvalue weighted by Crippen LogP contribution is 2.34. The minimum atomic E-state index is -0.199. The molecule has 0 aliphatic carbocycles. The number of benzene rings is 1. The van der Waals surface area contributed by atoms with Crippen molar-refractivity contribution in [1.29, 1.82) is 0 Å². The number of rotatable bonds is 4. The van der Waals surface area contributed by atoms with Crippen molar-refractivity contribution in [2.45, 2.75) is 18.9 Å². The fourth-order valence-corrected chi connectivity index (χ4v) is 4.35. The second-order valence-corrected chi connectivity index (χ2v) is 7.56. The van der Waals surface area contributed by atoms with E-state index in [9.17, 15) is 9.59 Å². The fraction of sp³-hybridized carbons (Fsp3) is 0.294. The zero-order chi connectivity index (χ0) is 16.2. The van der Waals surface area contributed by atoms with Crippen LogP contribution in [0.4, 0.5) is 0 Å². The monoisotopic (exact) mass is 440 g/mol. The second-order valence-electron chi connectivity index (χ2n) is 5.42. The number of likely N-dealkylation sites (tertiary alicyclic amines) is 1. The third kappa shape index (κ3) is 3.74. The van der Waals surface area contributed by atoms with Crippen LogP contribution in [0.3, 0.4) is 0 Å². The number of thiophene rings is 1. The van der Waals surface area contributed by atoms with Crippen molar-refractivity contribution < 1.29 is 9.59 Å². The van der Waals surface area contributed by atoms with Crippen molar-refractivity contribution in [1.82, 2.24) is 10.2 Å². The molecule has 1 aromatic heterocycles. The van der Waals surface area contributed by atoms with Gasteiger partial charge < -0.3 is 10.2 Å². The lowest BCUT2D eigenvalue weighted by atomic mass is 10.2. The summed E-state index contributed by atoms with van der Waals surface area (Å²) in [7, 11) is 0. The topological polar surface area (TPSA) is 49.4 Å². The highest BCUT2D eigenvalue weighted by atomic mass is 127. The summed E-state index contributed by atoms with van der Waals surface area (Å²) in [6.45, 7) is 0.811. The maximum atomic E-state index is 12.5. The van der Waals surface area contributed by atoms with E-state index in [0.29, 0.717) is 5.56 Å². The molecule has 2 amide bonds. The largest absolute Gasteiger partial charge is 0.343 e. The first-order valence-electron chi connectivity index (χ1n) is 7.52. The standard InChI is InChI=1S/C17H17IN2O2S/c18-13-6-2-1-5-12(13)17(22)19-11-16(21)20-9-3-7-14(20)15-8-4-10-23-15/h1-2,4-6,8,10,14H,3,7,9,11H2,(H,19,22). The summed E-state index contributed by atoms with van der Waals surface area (Å²) >= 11 is 3.81. The van der Waals surface area contributed by atoms with Crippen LogP contribution >= 0.6 is 33.9 Å². The smallest absolute Gasteiger partial charge is 0.252 e. The molecular weight excluding hydrogens is 423 g/mol. The Labute approximate surface area is 153 Å². The Morgan fingerprint density at radius 3 is 2.83 bits per heavy atom. The van der Waals surface area contributed by atoms with Crippen LogP contribution in [-0.4, -0.2) is 29.8 Å². The van der Waals surface area contributed by atoms with Crippen molar-refractivity contribution >= 4 is 45.7 Å². The zero-order valence-corrected chi connectivity index (χ0v) is 15.5. The molecule has 1 saturated heterocycles. The SMILES string of the molecule is O=C(NCC(=O)N1CCCC1c1cccs1)c1ccccc1I. The number of hydrogen-bond acceptors (Lipinski definition) is 3. The normalized spacial score (nSPS) is 17.3. The van der Waals surface area contributed by atoms with E-state index in [-0.39, 0.29) is 24.4 Å². The number of amides is 2. The summed E-state index contributed by atoms with van der Waals surface area (Å²) in [5, 5.41) is 4.79. The van der Waals surface area contributed by atoms with Gasteiger partial charge in [-0.1, -0.05) is 18.2 Å². The molecule has 2 heterocycles. The van der Waals surface area contributed by atoms with Gasteiger partial charge in [0.25, 0.3) is 5.91 Å². The predicted molar refractivity (Wildman–Crippen MR) is 99.5 cm³/mol. The molecule has 120 valence electrons. The highest BCUT2D eigenvalue weighted by molar-refractivity contribution is 14.1. The second kappa shape index (κ2) is 7.44. The molecule has 1 unspecified atom stereocenters. The predicted octanol–water partition coefficient (Wildman–Crippen LogP) is 3.45. The van der Waals surface area contributed by atoms with Crippen molar-refractivity contribution in [3.8, 4) is 0 Å². The first-order chi connectivity index (χ1) is 11.2. The van der Waals surface area contributed by atoms with E-state index in [2.05, 4.69) is 34.0 Å². The Hall–Kier alpha value is -1.41. The molecule has 6 heteroatoms. The molecule has 1 aliphatic heterocycles. The summed E-state index contributed by atoms with van der Waals surface area (Å²) in [6, 6.07) is 11.6. The van der Waals surface area contributed by atoms with Crippen LogP contribution in [0.25, 0.3) is 0 Å². The van der Waals surface area contributed by atoms with Crippen LogP contribution in [0, 0.1) is 3.57 Å². The maximum Gasteiger partial charge on any atom is 0.252 e. The Bertz CT molecular complexity index is 702. The average molecular weight is 440 g/mol. The molecule has 2 aromatic rings. The Morgan fingerprint density at radius 2 is 2.09 bits per heavy atom. The molecule has 3 rings (SSSR count). The summed E-state index contributed by atoms with van der Waals surface area (Å²) in [5.74, 6) is -0.213. The lowest BCUT2D eigenvalue weighted by Gasteiger charge is -2.24. The van der Waals surface area contributed by atoms with Crippen LogP contribution < -0.4 is 5.32 Å². The van der Waals surface area contributed by atoms with Crippen molar-refractivity contribution in [2.75, 3.05) is 13.1 Å². The summed E-state index contributed by atoms with van der Waals surface area (Å²) in [5.41, 5.74) is 0.608. The number of halogens is 1. The van der Waals surface area contributed by atoms with Gasteiger partial charge in [0.2, 0.25) is 5.91 Å². The van der Waals surface area contributed by atoms with Gasteiger partial charge in [-0.2, -0.15) is 0 Å². The van der Waals surface area contributed by atoms with Gasteiger partial charge in [-0.15, -0.1) is 11.3 Å². The molecule has 0 saturated carbocycles. The molecule has 4 nitrogen and oxygen atoms in total. The van der Waals surface area contributed by atoms with Crippen LogP contribution in [0.15, 0.2) is 41.8 Å². The first kappa shape index (κ1) is 16.4. The van der Waals surface area contributed by atoms with Gasteiger partial charge >= 0.3 is 0 Å². The molecule has 23 heavy (non-hydrogen) atoms. The molecule has 0 bridgehead atoms. The molecule has 0 radical (unpaired) electrons. The van der Waals surface area contributed by atoms with E-state index in [1.165, 1.54) is 4.88 Å². The maximum absolute atomic E-state index is 12.5. The lowest BCUT2D eigenvalue weighted by molar-refractivity contribution is -0.131. The zero-order valence-electron chi connectivity index (χ0n) is 12.5. The van der Waals surface area contributed by atoms with E-state index in [0.717, 1.165) is 23.0 Å². The quantitative estimate of drug-likeness (QED) is 0.741. The van der Waals surface area contributed by atoms with Gasteiger partial charge in [0, 0.05) is 15.0 Å². The van der Waals surface area contributed by atoms with E-state index in [1.54, 1.807) is 17.4 Å². The van der Waals surface area contributed by atoms with Crippen LogP contribution in [0.2, 0.25) is 0 Å². The molecule has 1 aliphatic rings. The average Bonchev–Trinajstić information content (AvgIpc) is 3.23. The summed E-state index contributed by atoms with van der Waals surface area (Å²) < 4.78 is 0.882. The third-order valence-corrected chi connectivity index (χ3v) is 5.88. The Morgan fingerprint density at radius 1 is 1.26 bits per heavy atom. The number of hydrogen-bond donors (Lipinski definition) is 1.